The molecule has 1 fully saturated rings. The monoisotopic (exact) mass is 289 g/mol. The van der Waals surface area contributed by atoms with Crippen molar-refractivity contribution in [2.75, 3.05) is 27.2 Å². The molecule has 1 heterocycles. The highest BCUT2D eigenvalue weighted by Gasteiger charge is 2.37. The lowest BCUT2D eigenvalue weighted by Crippen LogP contribution is -2.48. The molecule has 0 saturated carbocycles. The molecule has 0 aromatic heterocycles. The SMILES string of the molecule is CC(C)C(C(=O)N1C[C@@H](N)[C@H](c2ccccc2)C1)N(C)C. The van der Waals surface area contributed by atoms with Crippen LogP contribution in [0.5, 0.6) is 0 Å². The minimum absolute atomic E-state index is 0.0197. The van der Waals surface area contributed by atoms with Crippen LogP contribution in [0, 0.1) is 5.92 Å². The Hall–Kier alpha value is -1.39. The molecule has 0 bridgehead atoms. The van der Waals surface area contributed by atoms with Gasteiger partial charge in [0, 0.05) is 25.0 Å². The number of likely N-dealkylation sites (N-methyl/N-ethyl adjacent to an activating group) is 1. The number of benzene rings is 1. The fourth-order valence-corrected chi connectivity index (χ4v) is 3.35. The first-order valence-electron chi connectivity index (χ1n) is 7.67. The summed E-state index contributed by atoms with van der Waals surface area (Å²) < 4.78 is 0. The van der Waals surface area contributed by atoms with Crippen LogP contribution in [-0.2, 0) is 4.79 Å². The van der Waals surface area contributed by atoms with E-state index in [0.717, 1.165) is 6.54 Å². The number of carbonyl (C=O) groups excluding carboxylic acids is 1. The van der Waals surface area contributed by atoms with Gasteiger partial charge in [-0.15, -0.1) is 0 Å². The Balaban J connectivity index is 2.12. The summed E-state index contributed by atoms with van der Waals surface area (Å²) in [6.45, 7) is 5.55. The van der Waals surface area contributed by atoms with Crippen molar-refractivity contribution in [2.45, 2.75) is 31.8 Å². The van der Waals surface area contributed by atoms with Crippen molar-refractivity contribution < 1.29 is 4.79 Å². The zero-order valence-electron chi connectivity index (χ0n) is 13.5. The van der Waals surface area contributed by atoms with Crippen molar-refractivity contribution in [3.63, 3.8) is 0 Å². The molecule has 1 amide bonds. The van der Waals surface area contributed by atoms with Gasteiger partial charge in [-0.3, -0.25) is 9.69 Å². The largest absolute Gasteiger partial charge is 0.339 e. The Labute approximate surface area is 127 Å². The highest BCUT2D eigenvalue weighted by molar-refractivity contribution is 5.82. The first kappa shape index (κ1) is 16.0. The third-order valence-electron chi connectivity index (χ3n) is 4.35. The van der Waals surface area contributed by atoms with Crippen LogP contribution in [-0.4, -0.2) is 55.0 Å². The van der Waals surface area contributed by atoms with E-state index in [1.165, 1.54) is 5.56 Å². The van der Waals surface area contributed by atoms with Crippen LogP contribution < -0.4 is 5.73 Å². The van der Waals surface area contributed by atoms with Crippen molar-refractivity contribution in [1.29, 1.82) is 0 Å². The van der Waals surface area contributed by atoms with Gasteiger partial charge >= 0.3 is 0 Å². The molecule has 1 saturated heterocycles. The fraction of sp³-hybridized carbons (Fsp3) is 0.588. The van der Waals surface area contributed by atoms with E-state index in [1.54, 1.807) is 0 Å². The molecule has 0 radical (unpaired) electrons. The van der Waals surface area contributed by atoms with Gasteiger partial charge in [-0.05, 0) is 25.6 Å². The molecule has 21 heavy (non-hydrogen) atoms. The molecular weight excluding hydrogens is 262 g/mol. The Kier molecular flexibility index (Phi) is 5.01. The van der Waals surface area contributed by atoms with Gasteiger partial charge in [-0.1, -0.05) is 44.2 Å². The molecule has 4 heteroatoms. The number of nitrogens with zero attached hydrogens (tertiary/aromatic N) is 2. The number of amides is 1. The summed E-state index contributed by atoms with van der Waals surface area (Å²) in [4.78, 5) is 16.7. The second kappa shape index (κ2) is 6.58. The lowest BCUT2D eigenvalue weighted by atomic mass is 9.95. The van der Waals surface area contributed by atoms with Crippen LogP contribution in [0.4, 0.5) is 0 Å². The van der Waals surface area contributed by atoms with Crippen molar-refractivity contribution in [1.82, 2.24) is 9.80 Å². The summed E-state index contributed by atoms with van der Waals surface area (Å²) in [5, 5.41) is 0. The molecule has 116 valence electrons. The molecule has 3 atom stereocenters. The summed E-state index contributed by atoms with van der Waals surface area (Å²) in [5.41, 5.74) is 7.51. The van der Waals surface area contributed by atoms with E-state index < -0.39 is 0 Å². The summed E-state index contributed by atoms with van der Waals surface area (Å²) in [5.74, 6) is 0.730. The van der Waals surface area contributed by atoms with Crippen molar-refractivity contribution in [3.8, 4) is 0 Å². The Morgan fingerprint density at radius 1 is 1.24 bits per heavy atom. The van der Waals surface area contributed by atoms with Gasteiger partial charge in [0.15, 0.2) is 0 Å². The maximum absolute atomic E-state index is 12.8. The van der Waals surface area contributed by atoms with Crippen LogP contribution in [0.15, 0.2) is 30.3 Å². The zero-order valence-corrected chi connectivity index (χ0v) is 13.5. The molecule has 1 unspecified atom stereocenters. The zero-order chi connectivity index (χ0) is 15.6. The number of carbonyl (C=O) groups is 1. The quantitative estimate of drug-likeness (QED) is 0.914. The first-order valence-corrected chi connectivity index (χ1v) is 7.67. The number of hydrogen-bond donors (Lipinski definition) is 1. The molecule has 1 aromatic carbocycles. The average molecular weight is 289 g/mol. The molecule has 1 aliphatic heterocycles. The topological polar surface area (TPSA) is 49.6 Å². The van der Waals surface area contributed by atoms with E-state index in [0.29, 0.717) is 12.5 Å². The molecule has 1 aliphatic rings. The van der Waals surface area contributed by atoms with Crippen molar-refractivity contribution in [3.05, 3.63) is 35.9 Å². The molecule has 2 rings (SSSR count). The Morgan fingerprint density at radius 2 is 1.86 bits per heavy atom. The van der Waals surface area contributed by atoms with Crippen LogP contribution in [0.3, 0.4) is 0 Å². The van der Waals surface area contributed by atoms with Gasteiger partial charge in [0.1, 0.15) is 0 Å². The highest BCUT2D eigenvalue weighted by atomic mass is 16.2. The molecule has 0 spiro atoms. The van der Waals surface area contributed by atoms with E-state index in [-0.39, 0.29) is 23.9 Å². The molecule has 2 N–H and O–H groups in total. The normalized spacial score (nSPS) is 23.9. The van der Waals surface area contributed by atoms with E-state index in [4.69, 9.17) is 5.73 Å². The van der Waals surface area contributed by atoms with E-state index >= 15 is 0 Å². The summed E-state index contributed by atoms with van der Waals surface area (Å²) in [6, 6.07) is 10.2. The summed E-state index contributed by atoms with van der Waals surface area (Å²) in [6.07, 6.45) is 0. The summed E-state index contributed by atoms with van der Waals surface area (Å²) >= 11 is 0. The molecular formula is C17H27N3O. The van der Waals surface area contributed by atoms with Crippen LogP contribution >= 0.6 is 0 Å². The smallest absolute Gasteiger partial charge is 0.240 e. The van der Waals surface area contributed by atoms with Gasteiger partial charge in [-0.2, -0.15) is 0 Å². The van der Waals surface area contributed by atoms with Gasteiger partial charge in [0.05, 0.1) is 6.04 Å². The van der Waals surface area contributed by atoms with E-state index in [2.05, 4.69) is 26.0 Å². The maximum atomic E-state index is 12.8. The number of rotatable bonds is 4. The highest BCUT2D eigenvalue weighted by Crippen LogP contribution is 2.27. The second-order valence-electron chi connectivity index (χ2n) is 6.58. The van der Waals surface area contributed by atoms with E-state index in [9.17, 15) is 4.79 Å². The minimum atomic E-state index is -0.0771. The first-order chi connectivity index (χ1) is 9.91. The Bertz CT molecular complexity index is 464. The molecule has 0 aliphatic carbocycles. The third kappa shape index (κ3) is 3.44. The van der Waals surface area contributed by atoms with Crippen molar-refractivity contribution >= 4 is 5.91 Å². The summed E-state index contributed by atoms with van der Waals surface area (Å²) in [7, 11) is 3.93. The van der Waals surface area contributed by atoms with Gasteiger partial charge in [0.2, 0.25) is 5.91 Å². The third-order valence-corrected chi connectivity index (χ3v) is 4.35. The fourth-order valence-electron chi connectivity index (χ4n) is 3.35. The minimum Gasteiger partial charge on any atom is -0.339 e. The van der Waals surface area contributed by atoms with E-state index in [1.807, 2.05) is 42.1 Å². The number of nitrogens with two attached hydrogens (primary N) is 1. The van der Waals surface area contributed by atoms with Gasteiger partial charge < -0.3 is 10.6 Å². The lowest BCUT2D eigenvalue weighted by molar-refractivity contribution is -0.136. The van der Waals surface area contributed by atoms with Crippen LogP contribution in [0.1, 0.15) is 25.3 Å². The van der Waals surface area contributed by atoms with Crippen molar-refractivity contribution in [2.24, 2.45) is 11.7 Å². The average Bonchev–Trinajstić information content (AvgIpc) is 2.81. The molecule has 1 aromatic rings. The lowest BCUT2D eigenvalue weighted by Gasteiger charge is -2.30. The Morgan fingerprint density at radius 3 is 2.38 bits per heavy atom. The standard InChI is InChI=1S/C17H27N3O/c1-12(2)16(19(3)4)17(21)20-10-14(15(18)11-20)13-8-6-5-7-9-13/h5-9,12,14-16H,10-11,18H2,1-4H3/t14-,15+,16?/m0/s1. The number of likely N-dealkylation sites (tertiary alicyclic amines) is 1. The van der Waals surface area contributed by atoms with Crippen LogP contribution in [0.25, 0.3) is 0 Å². The predicted octanol–water partition coefficient (Wildman–Crippen LogP) is 1.53. The number of hydrogen-bond acceptors (Lipinski definition) is 3. The van der Waals surface area contributed by atoms with Gasteiger partial charge in [0.25, 0.3) is 0 Å². The maximum Gasteiger partial charge on any atom is 0.240 e. The van der Waals surface area contributed by atoms with Gasteiger partial charge in [-0.25, -0.2) is 0 Å². The second-order valence-corrected chi connectivity index (χ2v) is 6.58. The van der Waals surface area contributed by atoms with Crippen LogP contribution in [0.2, 0.25) is 0 Å². The predicted molar refractivity (Wildman–Crippen MR) is 86.1 cm³/mol. The molecule has 4 nitrogen and oxygen atoms in total.